The number of nitrogens with zero attached hydrogens (tertiary/aromatic N) is 2. The summed E-state index contributed by atoms with van der Waals surface area (Å²) in [6.45, 7) is 3.57. The first-order valence-corrected chi connectivity index (χ1v) is 8.19. The van der Waals surface area contributed by atoms with E-state index < -0.39 is 0 Å². The van der Waals surface area contributed by atoms with Crippen molar-refractivity contribution in [1.82, 2.24) is 15.1 Å². The summed E-state index contributed by atoms with van der Waals surface area (Å²) in [5.74, 6) is 0.570. The minimum atomic E-state index is -0.0159. The fraction of sp³-hybridized carbons (Fsp3) is 0.444. The van der Waals surface area contributed by atoms with Crippen LogP contribution in [0.25, 0.3) is 5.69 Å². The molecule has 1 fully saturated rings. The molecule has 5 heteroatoms. The molecule has 1 aromatic carbocycles. The van der Waals surface area contributed by atoms with E-state index in [4.69, 9.17) is 4.74 Å². The Kier molecular flexibility index (Phi) is 5.08. The summed E-state index contributed by atoms with van der Waals surface area (Å²) in [5.41, 5.74) is 2.08. The van der Waals surface area contributed by atoms with Crippen molar-refractivity contribution in [1.29, 1.82) is 0 Å². The topological polar surface area (TPSA) is 56.1 Å². The molecule has 1 amide bonds. The van der Waals surface area contributed by atoms with Crippen molar-refractivity contribution in [2.45, 2.75) is 32.2 Å². The Morgan fingerprint density at radius 1 is 1.39 bits per heavy atom. The lowest BCUT2D eigenvalue weighted by Crippen LogP contribution is -2.30. The molecule has 1 aliphatic rings. The quantitative estimate of drug-likeness (QED) is 0.923. The lowest BCUT2D eigenvalue weighted by molar-refractivity contribution is -0.123. The summed E-state index contributed by atoms with van der Waals surface area (Å²) in [5, 5.41) is 7.35. The molecule has 5 nitrogen and oxygen atoms in total. The van der Waals surface area contributed by atoms with E-state index in [1.165, 1.54) is 0 Å². The van der Waals surface area contributed by atoms with E-state index in [0.717, 1.165) is 37.3 Å². The van der Waals surface area contributed by atoms with Gasteiger partial charge >= 0.3 is 0 Å². The summed E-state index contributed by atoms with van der Waals surface area (Å²) in [6.07, 6.45) is 6.22. The third kappa shape index (κ3) is 4.20. The van der Waals surface area contributed by atoms with Crippen LogP contribution in [0.2, 0.25) is 0 Å². The van der Waals surface area contributed by atoms with E-state index in [-0.39, 0.29) is 11.9 Å². The Bertz CT molecular complexity index is 633. The summed E-state index contributed by atoms with van der Waals surface area (Å²) in [4.78, 5) is 12.2. The maximum absolute atomic E-state index is 12.2. The largest absolute Gasteiger partial charge is 0.381 e. The van der Waals surface area contributed by atoms with Crippen molar-refractivity contribution in [2.75, 3.05) is 13.2 Å². The second-order valence-corrected chi connectivity index (χ2v) is 6.09. The molecule has 1 unspecified atom stereocenters. The molecule has 1 atom stereocenters. The van der Waals surface area contributed by atoms with Gasteiger partial charge in [0.1, 0.15) is 0 Å². The van der Waals surface area contributed by atoms with E-state index >= 15 is 0 Å². The lowest BCUT2D eigenvalue weighted by atomic mass is 9.96. The van der Waals surface area contributed by atoms with E-state index in [1.807, 2.05) is 42.1 Å². The first kappa shape index (κ1) is 15.7. The van der Waals surface area contributed by atoms with Gasteiger partial charge in [0.25, 0.3) is 0 Å². The molecule has 3 rings (SSSR count). The van der Waals surface area contributed by atoms with Gasteiger partial charge in [0.15, 0.2) is 0 Å². The SMILES string of the molecule is CC(NC(=O)CC1CCOCC1)c1cccc(-n2cccn2)c1. The molecule has 2 aromatic rings. The average Bonchev–Trinajstić information content (AvgIpc) is 3.10. The molecule has 1 saturated heterocycles. The van der Waals surface area contributed by atoms with Crippen LogP contribution in [0.5, 0.6) is 0 Å². The molecule has 0 aliphatic carbocycles. The van der Waals surface area contributed by atoms with Gasteiger partial charge < -0.3 is 10.1 Å². The Morgan fingerprint density at radius 3 is 2.96 bits per heavy atom. The molecular weight excluding hydrogens is 290 g/mol. The number of carbonyl (C=O) groups excluding carboxylic acids is 1. The fourth-order valence-corrected chi connectivity index (χ4v) is 2.95. The van der Waals surface area contributed by atoms with E-state index in [0.29, 0.717) is 12.3 Å². The highest BCUT2D eigenvalue weighted by molar-refractivity contribution is 5.76. The second-order valence-electron chi connectivity index (χ2n) is 6.09. The summed E-state index contributed by atoms with van der Waals surface area (Å²) < 4.78 is 7.16. The smallest absolute Gasteiger partial charge is 0.220 e. The minimum Gasteiger partial charge on any atom is -0.381 e. The molecule has 1 N–H and O–H groups in total. The predicted molar refractivity (Wildman–Crippen MR) is 88.3 cm³/mol. The van der Waals surface area contributed by atoms with Gasteiger partial charge in [-0.1, -0.05) is 12.1 Å². The predicted octanol–water partition coefficient (Wildman–Crippen LogP) is 2.87. The number of hydrogen-bond acceptors (Lipinski definition) is 3. The van der Waals surface area contributed by atoms with Crippen molar-refractivity contribution in [3.05, 3.63) is 48.3 Å². The van der Waals surface area contributed by atoms with Gasteiger partial charge in [-0.3, -0.25) is 4.79 Å². The van der Waals surface area contributed by atoms with Crippen molar-refractivity contribution >= 4 is 5.91 Å². The van der Waals surface area contributed by atoms with E-state index in [2.05, 4.69) is 16.5 Å². The number of aromatic nitrogens is 2. The maximum Gasteiger partial charge on any atom is 0.220 e. The zero-order valence-corrected chi connectivity index (χ0v) is 13.4. The second kappa shape index (κ2) is 7.42. The fourth-order valence-electron chi connectivity index (χ4n) is 2.95. The van der Waals surface area contributed by atoms with Crippen molar-refractivity contribution in [3.63, 3.8) is 0 Å². The first-order valence-electron chi connectivity index (χ1n) is 8.19. The zero-order valence-electron chi connectivity index (χ0n) is 13.4. The van der Waals surface area contributed by atoms with Gasteiger partial charge in [-0.25, -0.2) is 4.68 Å². The number of rotatable bonds is 5. The summed E-state index contributed by atoms with van der Waals surface area (Å²) in [7, 11) is 0. The lowest BCUT2D eigenvalue weighted by Gasteiger charge is -2.22. The number of amides is 1. The number of benzene rings is 1. The molecule has 0 saturated carbocycles. The average molecular weight is 313 g/mol. The monoisotopic (exact) mass is 313 g/mol. The Hall–Kier alpha value is -2.14. The Morgan fingerprint density at radius 2 is 2.22 bits per heavy atom. The van der Waals surface area contributed by atoms with Crippen LogP contribution in [0.15, 0.2) is 42.7 Å². The highest BCUT2D eigenvalue weighted by Gasteiger charge is 2.18. The highest BCUT2D eigenvalue weighted by Crippen LogP contribution is 2.20. The number of hydrogen-bond donors (Lipinski definition) is 1. The number of nitrogens with one attached hydrogen (secondary N) is 1. The standard InChI is InChI=1S/C18H23N3O2/c1-14(20-18(22)12-15-6-10-23-11-7-15)16-4-2-5-17(13-16)21-9-3-8-19-21/h2-5,8-9,13-15H,6-7,10-12H2,1H3,(H,20,22). The minimum absolute atomic E-state index is 0.0159. The third-order valence-electron chi connectivity index (χ3n) is 4.33. The molecule has 23 heavy (non-hydrogen) atoms. The molecular formula is C18H23N3O2. The van der Waals surface area contributed by atoms with Gasteiger partial charge in [0, 0.05) is 32.0 Å². The van der Waals surface area contributed by atoms with Gasteiger partial charge in [-0.05, 0) is 49.4 Å². The summed E-state index contributed by atoms with van der Waals surface area (Å²) >= 11 is 0. The number of ether oxygens (including phenoxy) is 1. The van der Waals surface area contributed by atoms with E-state index in [9.17, 15) is 4.79 Å². The van der Waals surface area contributed by atoms with Crippen LogP contribution < -0.4 is 5.32 Å². The van der Waals surface area contributed by atoms with Gasteiger partial charge in [0.05, 0.1) is 11.7 Å². The summed E-state index contributed by atoms with van der Waals surface area (Å²) in [6, 6.07) is 9.98. The Balaban J connectivity index is 1.60. The maximum atomic E-state index is 12.2. The zero-order chi connectivity index (χ0) is 16.1. The Labute approximate surface area is 136 Å². The molecule has 1 aliphatic heterocycles. The van der Waals surface area contributed by atoms with Crippen LogP contribution in [0.3, 0.4) is 0 Å². The van der Waals surface area contributed by atoms with Crippen LogP contribution >= 0.6 is 0 Å². The van der Waals surface area contributed by atoms with Gasteiger partial charge in [-0.15, -0.1) is 0 Å². The van der Waals surface area contributed by atoms with Crippen LogP contribution in [-0.2, 0) is 9.53 Å². The van der Waals surface area contributed by atoms with Crippen LogP contribution in [0.1, 0.15) is 37.8 Å². The molecule has 0 bridgehead atoms. The molecule has 0 spiro atoms. The van der Waals surface area contributed by atoms with E-state index in [1.54, 1.807) is 6.20 Å². The molecule has 0 radical (unpaired) electrons. The molecule has 122 valence electrons. The van der Waals surface area contributed by atoms with Crippen molar-refractivity contribution in [2.24, 2.45) is 5.92 Å². The normalized spacial score (nSPS) is 16.9. The van der Waals surface area contributed by atoms with Crippen LogP contribution in [-0.4, -0.2) is 28.9 Å². The van der Waals surface area contributed by atoms with Gasteiger partial charge in [-0.2, -0.15) is 5.10 Å². The van der Waals surface area contributed by atoms with Crippen LogP contribution in [0, 0.1) is 5.92 Å². The van der Waals surface area contributed by atoms with Crippen molar-refractivity contribution in [3.8, 4) is 5.69 Å². The van der Waals surface area contributed by atoms with Crippen molar-refractivity contribution < 1.29 is 9.53 Å². The molecule has 2 heterocycles. The van der Waals surface area contributed by atoms with Gasteiger partial charge in [0.2, 0.25) is 5.91 Å². The number of carbonyl (C=O) groups is 1. The van der Waals surface area contributed by atoms with Crippen LogP contribution in [0.4, 0.5) is 0 Å². The molecule has 1 aromatic heterocycles. The highest BCUT2D eigenvalue weighted by atomic mass is 16.5. The first-order chi connectivity index (χ1) is 11.2. The third-order valence-corrected chi connectivity index (χ3v) is 4.33.